The van der Waals surface area contributed by atoms with Crippen LogP contribution in [-0.4, -0.2) is 64.0 Å². The van der Waals surface area contributed by atoms with Gasteiger partial charge in [0, 0.05) is 24.7 Å². The van der Waals surface area contributed by atoms with Crippen LogP contribution in [-0.2, 0) is 19.4 Å². The Labute approximate surface area is 169 Å². The lowest BCUT2D eigenvalue weighted by Gasteiger charge is -2.22. The molecule has 0 bridgehead atoms. The molecule has 29 heavy (non-hydrogen) atoms. The summed E-state index contributed by atoms with van der Waals surface area (Å²) in [5.74, 6) is -0.177. The zero-order valence-electron chi connectivity index (χ0n) is 16.3. The summed E-state index contributed by atoms with van der Waals surface area (Å²) >= 11 is 0. The van der Waals surface area contributed by atoms with Gasteiger partial charge in [-0.3, -0.25) is 9.59 Å². The van der Waals surface area contributed by atoms with Gasteiger partial charge in [0.05, 0.1) is 35.0 Å². The molecule has 154 valence electrons. The molecule has 2 aliphatic heterocycles. The highest BCUT2D eigenvalue weighted by molar-refractivity contribution is 7.91. The SMILES string of the molecule is Cc1cc(C)n(-c2ccc(NC(=O)[C@H]3CC(=O)N([C@H]4CCS(=O)(=O)C4)C3)cn2)n1. The van der Waals surface area contributed by atoms with Crippen LogP contribution >= 0.6 is 0 Å². The number of hydrogen-bond acceptors (Lipinski definition) is 6. The molecule has 9 nitrogen and oxygen atoms in total. The molecule has 0 aliphatic carbocycles. The van der Waals surface area contributed by atoms with Crippen molar-refractivity contribution in [3.8, 4) is 5.82 Å². The van der Waals surface area contributed by atoms with E-state index >= 15 is 0 Å². The van der Waals surface area contributed by atoms with E-state index in [1.807, 2.05) is 19.9 Å². The molecule has 2 amide bonds. The first-order valence-electron chi connectivity index (χ1n) is 9.52. The van der Waals surface area contributed by atoms with Crippen molar-refractivity contribution < 1.29 is 18.0 Å². The second-order valence-corrected chi connectivity index (χ2v) is 9.97. The lowest BCUT2D eigenvalue weighted by atomic mass is 10.1. The van der Waals surface area contributed by atoms with Crippen molar-refractivity contribution in [1.29, 1.82) is 0 Å². The van der Waals surface area contributed by atoms with E-state index < -0.39 is 15.8 Å². The van der Waals surface area contributed by atoms with Crippen LogP contribution in [0.25, 0.3) is 5.82 Å². The maximum absolute atomic E-state index is 12.6. The predicted octanol–water partition coefficient (Wildman–Crippen LogP) is 0.858. The number of aromatic nitrogens is 3. The Morgan fingerprint density at radius 3 is 2.66 bits per heavy atom. The molecule has 10 heteroatoms. The number of rotatable bonds is 4. The van der Waals surface area contributed by atoms with E-state index in [4.69, 9.17) is 0 Å². The molecule has 2 aromatic heterocycles. The molecule has 0 aromatic carbocycles. The summed E-state index contributed by atoms with van der Waals surface area (Å²) in [7, 11) is -3.08. The molecule has 0 spiro atoms. The molecule has 2 saturated heterocycles. The minimum atomic E-state index is -3.08. The van der Waals surface area contributed by atoms with Crippen molar-refractivity contribution in [3.05, 3.63) is 35.8 Å². The summed E-state index contributed by atoms with van der Waals surface area (Å²) in [6, 6.07) is 5.15. The Hall–Kier alpha value is -2.75. The largest absolute Gasteiger partial charge is 0.338 e. The zero-order valence-corrected chi connectivity index (χ0v) is 17.1. The molecule has 4 rings (SSSR count). The fraction of sp³-hybridized carbons (Fsp3) is 0.474. The molecule has 0 radical (unpaired) electrons. The lowest BCUT2D eigenvalue weighted by molar-refractivity contribution is -0.129. The van der Waals surface area contributed by atoms with Gasteiger partial charge in [-0.15, -0.1) is 0 Å². The van der Waals surface area contributed by atoms with Crippen molar-refractivity contribution >= 4 is 27.3 Å². The highest BCUT2D eigenvalue weighted by atomic mass is 32.2. The number of aryl methyl sites for hydroxylation is 2. The van der Waals surface area contributed by atoms with Crippen LogP contribution in [0.5, 0.6) is 0 Å². The number of anilines is 1. The maximum Gasteiger partial charge on any atom is 0.229 e. The topological polar surface area (TPSA) is 114 Å². The van der Waals surface area contributed by atoms with Crippen molar-refractivity contribution in [3.63, 3.8) is 0 Å². The molecule has 0 unspecified atom stereocenters. The van der Waals surface area contributed by atoms with Gasteiger partial charge in [0.1, 0.15) is 0 Å². The summed E-state index contributed by atoms with van der Waals surface area (Å²) < 4.78 is 25.1. The first-order chi connectivity index (χ1) is 13.7. The average molecular weight is 417 g/mol. The number of hydrogen-bond donors (Lipinski definition) is 1. The Balaban J connectivity index is 1.39. The summed E-state index contributed by atoms with van der Waals surface area (Å²) in [6.07, 6.45) is 2.10. The van der Waals surface area contributed by atoms with Crippen LogP contribution in [0.4, 0.5) is 5.69 Å². The fourth-order valence-electron chi connectivity index (χ4n) is 3.97. The molecule has 1 N–H and O–H groups in total. The maximum atomic E-state index is 12.6. The fourth-order valence-corrected chi connectivity index (χ4v) is 5.70. The highest BCUT2D eigenvalue weighted by Gasteiger charge is 2.41. The molecule has 0 saturated carbocycles. The number of nitrogens with one attached hydrogen (secondary N) is 1. The zero-order chi connectivity index (χ0) is 20.8. The number of likely N-dealkylation sites (tertiary alicyclic amines) is 1. The molecule has 2 aromatic rings. The van der Waals surface area contributed by atoms with Crippen molar-refractivity contribution in [2.75, 3.05) is 23.4 Å². The highest BCUT2D eigenvalue weighted by Crippen LogP contribution is 2.27. The van der Waals surface area contributed by atoms with E-state index in [0.717, 1.165) is 11.4 Å². The molecule has 2 aliphatic rings. The third-order valence-corrected chi connectivity index (χ3v) is 7.17. The third kappa shape index (κ3) is 4.02. The van der Waals surface area contributed by atoms with Gasteiger partial charge in [-0.1, -0.05) is 0 Å². The van der Waals surface area contributed by atoms with Gasteiger partial charge in [-0.25, -0.2) is 18.1 Å². The minimum absolute atomic E-state index is 0.00915. The van der Waals surface area contributed by atoms with Gasteiger partial charge in [0.15, 0.2) is 15.7 Å². The number of amides is 2. The van der Waals surface area contributed by atoms with Crippen LogP contribution in [0, 0.1) is 19.8 Å². The van der Waals surface area contributed by atoms with Gasteiger partial charge in [-0.05, 0) is 38.5 Å². The smallest absolute Gasteiger partial charge is 0.229 e. The van der Waals surface area contributed by atoms with E-state index in [0.29, 0.717) is 17.9 Å². The van der Waals surface area contributed by atoms with E-state index in [2.05, 4.69) is 15.4 Å². The van der Waals surface area contributed by atoms with Gasteiger partial charge >= 0.3 is 0 Å². The van der Waals surface area contributed by atoms with E-state index in [1.54, 1.807) is 27.9 Å². The summed E-state index contributed by atoms with van der Waals surface area (Å²) in [5.41, 5.74) is 2.40. The quantitative estimate of drug-likeness (QED) is 0.789. The summed E-state index contributed by atoms with van der Waals surface area (Å²) in [6.45, 7) is 4.10. The van der Waals surface area contributed by atoms with E-state index in [9.17, 15) is 18.0 Å². The Bertz CT molecular complexity index is 1060. The molecular weight excluding hydrogens is 394 g/mol. The van der Waals surface area contributed by atoms with Crippen LogP contribution in [0.15, 0.2) is 24.4 Å². The number of carbonyl (C=O) groups is 2. The number of sulfone groups is 1. The minimum Gasteiger partial charge on any atom is -0.338 e. The lowest BCUT2D eigenvalue weighted by Crippen LogP contribution is -2.38. The van der Waals surface area contributed by atoms with E-state index in [1.165, 1.54) is 0 Å². The molecule has 4 heterocycles. The van der Waals surface area contributed by atoms with Gasteiger partial charge in [-0.2, -0.15) is 5.10 Å². The monoisotopic (exact) mass is 417 g/mol. The van der Waals surface area contributed by atoms with Gasteiger partial charge in [0.2, 0.25) is 11.8 Å². The third-order valence-electron chi connectivity index (χ3n) is 5.42. The van der Waals surface area contributed by atoms with Crippen LogP contribution in [0.3, 0.4) is 0 Å². The Morgan fingerprint density at radius 2 is 2.07 bits per heavy atom. The van der Waals surface area contributed by atoms with Crippen LogP contribution < -0.4 is 5.32 Å². The average Bonchev–Trinajstić information content (AvgIpc) is 3.32. The molecule has 2 fully saturated rings. The second kappa shape index (κ2) is 7.25. The number of carbonyl (C=O) groups excluding carboxylic acids is 2. The van der Waals surface area contributed by atoms with Gasteiger partial charge < -0.3 is 10.2 Å². The van der Waals surface area contributed by atoms with E-state index in [-0.39, 0.29) is 42.3 Å². The Morgan fingerprint density at radius 1 is 1.28 bits per heavy atom. The predicted molar refractivity (Wildman–Crippen MR) is 106 cm³/mol. The standard InChI is InChI=1S/C19H23N5O4S/c1-12-7-13(2)24(22-12)17-4-3-15(9-20-17)21-19(26)14-8-18(25)23(10-14)16-5-6-29(27,28)11-16/h3-4,7,9,14,16H,5-6,8,10-11H2,1-2H3,(H,21,26)/t14-,16-/m0/s1. The van der Waals surface area contributed by atoms with Crippen LogP contribution in [0.2, 0.25) is 0 Å². The number of pyridine rings is 1. The summed E-state index contributed by atoms with van der Waals surface area (Å²) in [4.78, 5) is 30.8. The first-order valence-corrected chi connectivity index (χ1v) is 11.3. The second-order valence-electron chi connectivity index (χ2n) is 7.74. The van der Waals surface area contributed by atoms with Crippen molar-refractivity contribution in [1.82, 2.24) is 19.7 Å². The summed E-state index contributed by atoms with van der Waals surface area (Å²) in [5, 5.41) is 7.18. The van der Waals surface area contributed by atoms with Crippen molar-refractivity contribution in [2.24, 2.45) is 5.92 Å². The van der Waals surface area contributed by atoms with Gasteiger partial charge in [0.25, 0.3) is 0 Å². The molecule has 2 atom stereocenters. The van der Waals surface area contributed by atoms with Crippen molar-refractivity contribution in [2.45, 2.75) is 32.7 Å². The number of nitrogens with zero attached hydrogens (tertiary/aromatic N) is 4. The normalized spacial score (nSPS) is 23.5. The van der Waals surface area contributed by atoms with Crippen LogP contribution in [0.1, 0.15) is 24.2 Å². The Kier molecular flexibility index (Phi) is 4.89. The molecular formula is C19H23N5O4S. The first kappa shape index (κ1) is 19.6.